The molecule has 8 heteroatoms. The molecular weight excluding hydrogens is 304 g/mol. The van der Waals surface area contributed by atoms with Gasteiger partial charge < -0.3 is 20.5 Å². The van der Waals surface area contributed by atoms with Crippen LogP contribution in [0.4, 0.5) is 5.69 Å². The third-order valence-corrected chi connectivity index (χ3v) is 2.76. The SMILES string of the molecule is CCOC(=O)C[C@H](NC(=O)c1ccccc1NC(C)=O)C(=O)O. The van der Waals surface area contributed by atoms with E-state index < -0.39 is 30.3 Å². The third kappa shape index (κ3) is 5.77. The van der Waals surface area contributed by atoms with E-state index in [1.54, 1.807) is 19.1 Å². The van der Waals surface area contributed by atoms with Crippen molar-refractivity contribution in [1.82, 2.24) is 5.32 Å². The van der Waals surface area contributed by atoms with Crippen molar-refractivity contribution in [3.8, 4) is 0 Å². The van der Waals surface area contributed by atoms with Crippen LogP contribution in [0.15, 0.2) is 24.3 Å². The van der Waals surface area contributed by atoms with Crippen LogP contribution in [0.3, 0.4) is 0 Å². The van der Waals surface area contributed by atoms with Gasteiger partial charge in [-0.25, -0.2) is 4.79 Å². The van der Waals surface area contributed by atoms with Crippen molar-refractivity contribution in [2.75, 3.05) is 11.9 Å². The number of hydrogen-bond acceptors (Lipinski definition) is 5. The number of para-hydroxylation sites is 1. The van der Waals surface area contributed by atoms with E-state index in [1.165, 1.54) is 19.1 Å². The molecule has 0 radical (unpaired) electrons. The maximum Gasteiger partial charge on any atom is 0.326 e. The Morgan fingerprint density at radius 2 is 1.87 bits per heavy atom. The maximum absolute atomic E-state index is 12.2. The second-order valence-electron chi connectivity index (χ2n) is 4.60. The molecule has 124 valence electrons. The zero-order valence-electron chi connectivity index (χ0n) is 12.8. The molecule has 0 aliphatic rings. The maximum atomic E-state index is 12.2. The number of nitrogens with one attached hydrogen (secondary N) is 2. The fourth-order valence-electron chi connectivity index (χ4n) is 1.80. The average Bonchev–Trinajstić information content (AvgIpc) is 2.46. The highest BCUT2D eigenvalue weighted by atomic mass is 16.5. The van der Waals surface area contributed by atoms with E-state index in [9.17, 15) is 19.2 Å². The summed E-state index contributed by atoms with van der Waals surface area (Å²) in [6, 6.07) is 4.71. The molecule has 0 spiro atoms. The quantitative estimate of drug-likeness (QED) is 0.638. The van der Waals surface area contributed by atoms with Crippen LogP contribution in [0.1, 0.15) is 30.6 Å². The summed E-state index contributed by atoms with van der Waals surface area (Å²) in [5.74, 6) is -3.17. The Hall–Kier alpha value is -2.90. The van der Waals surface area contributed by atoms with Crippen molar-refractivity contribution in [1.29, 1.82) is 0 Å². The lowest BCUT2D eigenvalue weighted by molar-refractivity contribution is -0.149. The van der Waals surface area contributed by atoms with Gasteiger partial charge in [-0.3, -0.25) is 14.4 Å². The second kappa shape index (κ2) is 8.52. The lowest BCUT2D eigenvalue weighted by Gasteiger charge is -2.15. The Morgan fingerprint density at radius 3 is 2.43 bits per heavy atom. The van der Waals surface area contributed by atoms with Gasteiger partial charge in [0.25, 0.3) is 5.91 Å². The first-order chi connectivity index (χ1) is 10.8. The molecular formula is C15H18N2O6. The smallest absolute Gasteiger partial charge is 0.326 e. The molecule has 0 aliphatic heterocycles. The zero-order chi connectivity index (χ0) is 17.4. The van der Waals surface area contributed by atoms with Gasteiger partial charge in [-0.2, -0.15) is 0 Å². The van der Waals surface area contributed by atoms with Gasteiger partial charge in [-0.05, 0) is 19.1 Å². The Bertz CT molecular complexity index is 614. The summed E-state index contributed by atoms with van der Waals surface area (Å²) in [6.07, 6.45) is -0.489. The van der Waals surface area contributed by atoms with E-state index in [2.05, 4.69) is 15.4 Å². The Kier molecular flexibility index (Phi) is 6.72. The Morgan fingerprint density at radius 1 is 1.22 bits per heavy atom. The number of anilines is 1. The largest absolute Gasteiger partial charge is 0.480 e. The standard InChI is InChI=1S/C15H18N2O6/c1-3-23-13(19)8-12(15(21)22)17-14(20)10-6-4-5-7-11(10)16-9(2)18/h4-7,12H,3,8H2,1-2H3,(H,16,18)(H,17,20)(H,21,22)/t12-/m0/s1. The predicted molar refractivity (Wildman–Crippen MR) is 80.9 cm³/mol. The number of aliphatic carboxylic acids is 1. The van der Waals surface area contributed by atoms with E-state index in [1.807, 2.05) is 0 Å². The van der Waals surface area contributed by atoms with Crippen molar-refractivity contribution in [3.05, 3.63) is 29.8 Å². The fourth-order valence-corrected chi connectivity index (χ4v) is 1.80. The molecule has 0 heterocycles. The number of carboxylic acids is 1. The molecule has 0 bridgehead atoms. The summed E-state index contributed by atoms with van der Waals surface area (Å²) < 4.78 is 4.68. The van der Waals surface area contributed by atoms with Gasteiger partial charge in [0.15, 0.2) is 0 Å². The van der Waals surface area contributed by atoms with Crippen molar-refractivity contribution in [2.24, 2.45) is 0 Å². The van der Waals surface area contributed by atoms with E-state index >= 15 is 0 Å². The van der Waals surface area contributed by atoms with Crippen molar-refractivity contribution in [2.45, 2.75) is 26.3 Å². The van der Waals surface area contributed by atoms with Gasteiger partial charge in [0.1, 0.15) is 6.04 Å². The molecule has 1 rings (SSSR count). The number of carboxylic acid groups (broad SMARTS) is 1. The molecule has 0 saturated carbocycles. The number of hydrogen-bond donors (Lipinski definition) is 3. The van der Waals surface area contributed by atoms with Crippen LogP contribution in [-0.4, -0.2) is 41.5 Å². The van der Waals surface area contributed by atoms with E-state index in [0.717, 1.165) is 0 Å². The summed E-state index contributed by atoms with van der Waals surface area (Å²) in [5, 5.41) is 13.8. The second-order valence-corrected chi connectivity index (χ2v) is 4.60. The van der Waals surface area contributed by atoms with Gasteiger partial charge in [0.2, 0.25) is 5.91 Å². The number of rotatable bonds is 7. The van der Waals surface area contributed by atoms with Gasteiger partial charge in [-0.1, -0.05) is 12.1 Å². The summed E-state index contributed by atoms with van der Waals surface area (Å²) >= 11 is 0. The molecule has 0 fully saturated rings. The number of esters is 1. The number of ether oxygens (including phenoxy) is 1. The van der Waals surface area contributed by atoms with Crippen LogP contribution in [0.2, 0.25) is 0 Å². The molecule has 0 unspecified atom stereocenters. The molecule has 0 aromatic heterocycles. The lowest BCUT2D eigenvalue weighted by Crippen LogP contribution is -2.42. The van der Waals surface area contributed by atoms with E-state index in [-0.39, 0.29) is 23.8 Å². The van der Waals surface area contributed by atoms with Crippen LogP contribution in [-0.2, 0) is 19.1 Å². The minimum absolute atomic E-state index is 0.0952. The van der Waals surface area contributed by atoms with Crippen LogP contribution < -0.4 is 10.6 Å². The summed E-state index contributed by atoms with van der Waals surface area (Å²) in [5.41, 5.74) is 0.343. The Labute approximate surface area is 132 Å². The van der Waals surface area contributed by atoms with Gasteiger partial charge in [-0.15, -0.1) is 0 Å². The first-order valence-electron chi connectivity index (χ1n) is 6.91. The highest BCUT2D eigenvalue weighted by molar-refractivity contribution is 6.04. The lowest BCUT2D eigenvalue weighted by atomic mass is 10.1. The summed E-state index contributed by atoms with van der Waals surface area (Å²) in [4.78, 5) is 45.9. The van der Waals surface area contributed by atoms with Crippen LogP contribution in [0, 0.1) is 0 Å². The summed E-state index contributed by atoms with van der Waals surface area (Å²) in [6.45, 7) is 3.00. The normalized spacial score (nSPS) is 11.2. The average molecular weight is 322 g/mol. The molecule has 23 heavy (non-hydrogen) atoms. The molecule has 1 aromatic carbocycles. The topological polar surface area (TPSA) is 122 Å². The monoisotopic (exact) mass is 322 g/mol. The van der Waals surface area contributed by atoms with Gasteiger partial charge >= 0.3 is 11.9 Å². The molecule has 0 saturated heterocycles. The van der Waals surface area contributed by atoms with Crippen LogP contribution >= 0.6 is 0 Å². The van der Waals surface area contributed by atoms with Crippen LogP contribution in [0.25, 0.3) is 0 Å². The van der Waals surface area contributed by atoms with Crippen molar-refractivity contribution >= 4 is 29.4 Å². The molecule has 8 nitrogen and oxygen atoms in total. The van der Waals surface area contributed by atoms with Gasteiger partial charge in [0.05, 0.1) is 24.3 Å². The number of carbonyl (C=O) groups is 4. The van der Waals surface area contributed by atoms with E-state index in [4.69, 9.17) is 5.11 Å². The number of carbonyl (C=O) groups excluding carboxylic acids is 3. The van der Waals surface area contributed by atoms with E-state index in [0.29, 0.717) is 0 Å². The highest BCUT2D eigenvalue weighted by Crippen LogP contribution is 2.15. The fraction of sp³-hybridized carbons (Fsp3) is 0.333. The molecule has 3 N–H and O–H groups in total. The molecule has 0 aliphatic carbocycles. The third-order valence-electron chi connectivity index (χ3n) is 2.76. The van der Waals surface area contributed by atoms with Gasteiger partial charge in [0, 0.05) is 6.92 Å². The first kappa shape index (κ1) is 18.1. The Balaban J connectivity index is 2.89. The minimum atomic E-state index is -1.42. The number of benzene rings is 1. The zero-order valence-corrected chi connectivity index (χ0v) is 12.8. The first-order valence-corrected chi connectivity index (χ1v) is 6.91. The van der Waals surface area contributed by atoms with Crippen molar-refractivity contribution < 1.29 is 29.0 Å². The van der Waals surface area contributed by atoms with Crippen molar-refractivity contribution in [3.63, 3.8) is 0 Å². The molecule has 2 amide bonds. The number of amides is 2. The highest BCUT2D eigenvalue weighted by Gasteiger charge is 2.25. The van der Waals surface area contributed by atoms with Crippen LogP contribution in [0.5, 0.6) is 0 Å². The molecule has 1 atom stereocenters. The summed E-state index contributed by atoms with van der Waals surface area (Å²) in [7, 11) is 0. The minimum Gasteiger partial charge on any atom is -0.480 e. The predicted octanol–water partition coefficient (Wildman–Crippen LogP) is 0.781. The molecule has 1 aromatic rings.